The van der Waals surface area contributed by atoms with Crippen LogP contribution in [0.25, 0.3) is 0 Å². The normalized spacial score (nSPS) is 16.9. The third kappa shape index (κ3) is 6.80. The SMILES string of the molecule is CCCc1ccc(S(=O)(=O)N2CCN(CC(=O)NC(=O)N[C@@H](C)CC)CC2)cc1. The van der Waals surface area contributed by atoms with Gasteiger partial charge in [0.05, 0.1) is 11.4 Å². The van der Waals surface area contributed by atoms with E-state index in [4.69, 9.17) is 0 Å². The van der Waals surface area contributed by atoms with Gasteiger partial charge in [-0.25, -0.2) is 13.2 Å². The van der Waals surface area contributed by atoms with Gasteiger partial charge in [0.15, 0.2) is 0 Å². The maximum Gasteiger partial charge on any atom is 0.321 e. The van der Waals surface area contributed by atoms with Gasteiger partial charge < -0.3 is 5.32 Å². The van der Waals surface area contributed by atoms with Crippen LogP contribution in [0, 0.1) is 0 Å². The van der Waals surface area contributed by atoms with Crippen LogP contribution in [0.15, 0.2) is 29.2 Å². The number of carbonyl (C=O) groups excluding carboxylic acids is 2. The number of nitrogens with zero attached hydrogens (tertiary/aromatic N) is 2. The summed E-state index contributed by atoms with van der Waals surface area (Å²) in [5.74, 6) is -0.395. The molecule has 0 saturated carbocycles. The van der Waals surface area contributed by atoms with Crippen molar-refractivity contribution in [3.63, 3.8) is 0 Å². The highest BCUT2D eigenvalue weighted by Gasteiger charge is 2.29. The maximum atomic E-state index is 12.8. The quantitative estimate of drug-likeness (QED) is 0.660. The number of aryl methyl sites for hydroxylation is 1. The summed E-state index contributed by atoms with van der Waals surface area (Å²) in [5.41, 5.74) is 1.12. The predicted molar refractivity (Wildman–Crippen MR) is 112 cm³/mol. The number of imide groups is 1. The highest BCUT2D eigenvalue weighted by Crippen LogP contribution is 2.18. The van der Waals surface area contributed by atoms with E-state index in [1.807, 2.05) is 30.9 Å². The highest BCUT2D eigenvalue weighted by molar-refractivity contribution is 7.89. The molecule has 0 spiro atoms. The van der Waals surface area contributed by atoms with E-state index in [1.54, 1.807) is 12.1 Å². The summed E-state index contributed by atoms with van der Waals surface area (Å²) in [7, 11) is -3.54. The van der Waals surface area contributed by atoms with Gasteiger partial charge in [-0.05, 0) is 37.5 Å². The number of hydrogen-bond donors (Lipinski definition) is 2. The van der Waals surface area contributed by atoms with E-state index >= 15 is 0 Å². The molecule has 0 unspecified atom stereocenters. The molecule has 1 aromatic rings. The lowest BCUT2D eigenvalue weighted by Gasteiger charge is -2.33. The van der Waals surface area contributed by atoms with E-state index in [-0.39, 0.29) is 12.6 Å². The first-order valence-electron chi connectivity index (χ1n) is 10.2. The molecular weight excluding hydrogens is 392 g/mol. The van der Waals surface area contributed by atoms with Crippen molar-refractivity contribution in [2.24, 2.45) is 0 Å². The van der Waals surface area contributed by atoms with Crippen molar-refractivity contribution < 1.29 is 18.0 Å². The first kappa shape index (κ1) is 23.3. The van der Waals surface area contributed by atoms with Gasteiger partial charge >= 0.3 is 6.03 Å². The van der Waals surface area contributed by atoms with E-state index < -0.39 is 22.0 Å². The molecule has 29 heavy (non-hydrogen) atoms. The molecule has 0 radical (unpaired) electrons. The van der Waals surface area contributed by atoms with Crippen molar-refractivity contribution in [2.45, 2.75) is 51.0 Å². The molecule has 0 aromatic heterocycles. The van der Waals surface area contributed by atoms with Crippen molar-refractivity contribution in [2.75, 3.05) is 32.7 Å². The summed E-state index contributed by atoms with van der Waals surface area (Å²) in [6.45, 7) is 7.45. The number of benzene rings is 1. The van der Waals surface area contributed by atoms with Gasteiger partial charge in [0.25, 0.3) is 0 Å². The van der Waals surface area contributed by atoms with Crippen LogP contribution >= 0.6 is 0 Å². The van der Waals surface area contributed by atoms with Crippen LogP contribution in [-0.4, -0.2) is 68.3 Å². The van der Waals surface area contributed by atoms with Crippen molar-refractivity contribution in [1.82, 2.24) is 19.8 Å². The summed E-state index contributed by atoms with van der Waals surface area (Å²) in [6, 6.07) is 6.54. The zero-order valence-electron chi connectivity index (χ0n) is 17.5. The first-order chi connectivity index (χ1) is 13.8. The third-order valence-corrected chi connectivity index (χ3v) is 6.95. The minimum atomic E-state index is -3.54. The molecule has 8 nitrogen and oxygen atoms in total. The number of urea groups is 1. The Morgan fingerprint density at radius 2 is 1.69 bits per heavy atom. The van der Waals surface area contributed by atoms with E-state index in [2.05, 4.69) is 17.6 Å². The molecule has 1 aliphatic heterocycles. The van der Waals surface area contributed by atoms with E-state index in [1.165, 1.54) is 4.31 Å². The molecule has 3 amide bonds. The summed E-state index contributed by atoms with van der Waals surface area (Å²) >= 11 is 0. The van der Waals surface area contributed by atoms with Gasteiger partial charge in [-0.3, -0.25) is 15.0 Å². The Morgan fingerprint density at radius 1 is 1.07 bits per heavy atom. The van der Waals surface area contributed by atoms with Crippen molar-refractivity contribution >= 4 is 22.0 Å². The molecule has 0 bridgehead atoms. The third-order valence-electron chi connectivity index (χ3n) is 5.04. The molecule has 2 N–H and O–H groups in total. The largest absolute Gasteiger partial charge is 0.335 e. The number of nitrogens with one attached hydrogen (secondary N) is 2. The fourth-order valence-electron chi connectivity index (χ4n) is 3.13. The van der Waals surface area contributed by atoms with Crippen molar-refractivity contribution in [3.05, 3.63) is 29.8 Å². The van der Waals surface area contributed by atoms with Crippen molar-refractivity contribution in [3.8, 4) is 0 Å². The summed E-state index contributed by atoms with van der Waals surface area (Å²) in [5, 5.41) is 4.99. The standard InChI is InChI=1S/C20H32N4O4S/c1-4-6-17-7-9-18(10-8-17)29(27,28)24-13-11-23(12-14-24)15-19(25)22-20(26)21-16(3)5-2/h7-10,16H,4-6,11-15H2,1-3H3,(H2,21,22,25,26)/t16-/m0/s1. The molecule has 1 aromatic carbocycles. The van der Waals surface area contributed by atoms with Crippen LogP contribution in [0.4, 0.5) is 4.79 Å². The van der Waals surface area contributed by atoms with Crippen molar-refractivity contribution in [1.29, 1.82) is 0 Å². The second kappa shape index (κ2) is 10.7. The zero-order chi connectivity index (χ0) is 21.4. The van der Waals surface area contributed by atoms with Gasteiger partial charge in [-0.15, -0.1) is 0 Å². The van der Waals surface area contributed by atoms with Gasteiger partial charge in [0.2, 0.25) is 15.9 Å². The molecule has 162 valence electrons. The minimum absolute atomic E-state index is 0.00686. The second-order valence-corrected chi connectivity index (χ2v) is 9.34. The average molecular weight is 425 g/mol. The summed E-state index contributed by atoms with van der Waals surface area (Å²) < 4.78 is 27.1. The lowest BCUT2D eigenvalue weighted by molar-refractivity contribution is -0.121. The summed E-state index contributed by atoms with van der Waals surface area (Å²) in [6.07, 6.45) is 2.72. The van der Waals surface area contributed by atoms with Crippen LogP contribution in [0.1, 0.15) is 39.2 Å². The van der Waals surface area contributed by atoms with E-state index in [0.717, 1.165) is 24.8 Å². The fourth-order valence-corrected chi connectivity index (χ4v) is 4.55. The Morgan fingerprint density at radius 3 is 2.24 bits per heavy atom. The lowest BCUT2D eigenvalue weighted by atomic mass is 10.1. The minimum Gasteiger partial charge on any atom is -0.335 e. The smallest absolute Gasteiger partial charge is 0.321 e. The molecule has 1 fully saturated rings. The van der Waals surface area contributed by atoms with Gasteiger partial charge in [0.1, 0.15) is 0 Å². The maximum absolute atomic E-state index is 12.8. The highest BCUT2D eigenvalue weighted by atomic mass is 32.2. The monoisotopic (exact) mass is 424 g/mol. The van der Waals surface area contributed by atoms with Crippen LogP contribution < -0.4 is 10.6 Å². The molecule has 9 heteroatoms. The number of hydrogen-bond acceptors (Lipinski definition) is 5. The molecule has 1 atom stereocenters. The number of sulfonamides is 1. The van der Waals surface area contributed by atoms with Crippen LogP contribution in [0.2, 0.25) is 0 Å². The Balaban J connectivity index is 1.84. The van der Waals surface area contributed by atoms with E-state index in [9.17, 15) is 18.0 Å². The Hall–Kier alpha value is -1.97. The second-order valence-electron chi connectivity index (χ2n) is 7.41. The average Bonchev–Trinajstić information content (AvgIpc) is 2.68. The number of carbonyl (C=O) groups is 2. The number of piperazine rings is 1. The Labute approximate surface area is 173 Å². The summed E-state index contributed by atoms with van der Waals surface area (Å²) in [4.78, 5) is 25.9. The van der Waals surface area contributed by atoms with Gasteiger partial charge in [0, 0.05) is 32.2 Å². The molecular formula is C20H32N4O4S. The van der Waals surface area contributed by atoms with E-state index in [0.29, 0.717) is 31.1 Å². The fraction of sp³-hybridized carbons (Fsp3) is 0.600. The predicted octanol–water partition coefficient (Wildman–Crippen LogP) is 1.57. The molecule has 0 aliphatic carbocycles. The van der Waals surface area contributed by atoms with Gasteiger partial charge in [-0.2, -0.15) is 4.31 Å². The molecule has 2 rings (SSSR count). The Bertz CT molecular complexity index is 787. The zero-order valence-corrected chi connectivity index (χ0v) is 18.3. The number of amides is 3. The topological polar surface area (TPSA) is 98.8 Å². The van der Waals surface area contributed by atoms with Gasteiger partial charge in [-0.1, -0.05) is 32.4 Å². The Kier molecular flexibility index (Phi) is 8.60. The molecule has 1 heterocycles. The van der Waals surface area contributed by atoms with Crippen LogP contribution in [0.5, 0.6) is 0 Å². The number of rotatable bonds is 8. The first-order valence-corrected chi connectivity index (χ1v) is 11.6. The lowest BCUT2D eigenvalue weighted by Crippen LogP contribution is -2.52. The molecule has 1 saturated heterocycles. The van der Waals surface area contributed by atoms with Crippen LogP contribution in [-0.2, 0) is 21.2 Å². The molecule has 1 aliphatic rings. The van der Waals surface area contributed by atoms with Crippen LogP contribution in [0.3, 0.4) is 0 Å².